The summed E-state index contributed by atoms with van der Waals surface area (Å²) >= 11 is 0. The fraction of sp³-hybridized carbons (Fsp3) is 0.963. The van der Waals surface area contributed by atoms with E-state index in [-0.39, 0.29) is 17.6 Å². The zero-order valence-electron chi connectivity index (χ0n) is 20.1. The lowest BCUT2D eigenvalue weighted by atomic mass is 9.44. The second kappa shape index (κ2) is 8.18. The Balaban J connectivity index is 1.51. The van der Waals surface area contributed by atoms with Gasteiger partial charge in [-0.3, -0.25) is 4.79 Å². The topological polar surface area (TPSA) is 57.5 Å². The monoisotopic (exact) mass is 418 g/mol. The highest BCUT2D eigenvalue weighted by atomic mass is 16.3. The van der Waals surface area contributed by atoms with E-state index in [0.717, 1.165) is 32.1 Å². The molecule has 0 aliphatic heterocycles. The number of hydrogen-bond acceptors (Lipinski definition) is 3. The number of ketones is 1. The maximum Gasteiger partial charge on any atom is 0.133 e. The second-order valence-corrected chi connectivity index (χ2v) is 12.6. The van der Waals surface area contributed by atoms with Gasteiger partial charge in [0.05, 0.1) is 12.2 Å². The summed E-state index contributed by atoms with van der Waals surface area (Å²) in [5.74, 6) is 4.16. The number of aliphatic hydroxyl groups excluding tert-OH is 2. The van der Waals surface area contributed by atoms with Crippen molar-refractivity contribution in [1.29, 1.82) is 0 Å². The zero-order chi connectivity index (χ0) is 21.8. The summed E-state index contributed by atoms with van der Waals surface area (Å²) in [6, 6.07) is 0. The largest absolute Gasteiger partial charge is 0.393 e. The van der Waals surface area contributed by atoms with Gasteiger partial charge in [0.2, 0.25) is 0 Å². The highest BCUT2D eigenvalue weighted by Crippen LogP contribution is 2.68. The van der Waals surface area contributed by atoms with Crippen LogP contribution in [0, 0.1) is 52.3 Å². The molecule has 0 amide bonds. The van der Waals surface area contributed by atoms with Crippen molar-refractivity contribution >= 4 is 5.78 Å². The molecule has 0 radical (unpaired) electrons. The van der Waals surface area contributed by atoms with Crippen LogP contribution >= 0.6 is 0 Å². The maximum absolute atomic E-state index is 12.1. The van der Waals surface area contributed by atoms with Crippen LogP contribution in [0.2, 0.25) is 0 Å². The van der Waals surface area contributed by atoms with Gasteiger partial charge in [0.1, 0.15) is 5.78 Å². The number of fused-ring (bicyclic) bond motifs is 5. The van der Waals surface area contributed by atoms with E-state index in [1.165, 1.54) is 25.7 Å². The Morgan fingerprint density at radius 2 is 1.70 bits per heavy atom. The third kappa shape index (κ3) is 3.60. The Morgan fingerprint density at radius 3 is 2.40 bits per heavy atom. The summed E-state index contributed by atoms with van der Waals surface area (Å²) in [5, 5.41) is 21.6. The van der Waals surface area contributed by atoms with Crippen molar-refractivity contribution < 1.29 is 15.0 Å². The van der Waals surface area contributed by atoms with Crippen LogP contribution < -0.4 is 0 Å². The summed E-state index contributed by atoms with van der Waals surface area (Å²) in [6.45, 7) is 11.6. The van der Waals surface area contributed by atoms with Gasteiger partial charge >= 0.3 is 0 Å². The predicted octanol–water partition coefficient (Wildman–Crippen LogP) is 5.62. The van der Waals surface area contributed by atoms with Crippen molar-refractivity contribution in [3.8, 4) is 0 Å². The van der Waals surface area contributed by atoms with Gasteiger partial charge in [-0.25, -0.2) is 0 Å². The van der Waals surface area contributed by atoms with E-state index in [1.54, 1.807) is 0 Å². The fourth-order valence-electron chi connectivity index (χ4n) is 8.96. The van der Waals surface area contributed by atoms with E-state index < -0.39 is 0 Å². The Kier molecular flexibility index (Phi) is 6.21. The van der Waals surface area contributed by atoms with Crippen LogP contribution in [0.25, 0.3) is 0 Å². The van der Waals surface area contributed by atoms with Gasteiger partial charge in [-0.2, -0.15) is 0 Å². The quantitative estimate of drug-likeness (QED) is 0.609. The molecule has 4 saturated carbocycles. The lowest BCUT2D eigenvalue weighted by Gasteiger charge is -2.62. The summed E-state index contributed by atoms with van der Waals surface area (Å²) < 4.78 is 0. The minimum absolute atomic E-state index is 0.181. The molecule has 4 fully saturated rings. The SMILES string of the molecule is CC(C)[C@H](O)CC[C@@H](C)[C@H]1CCC2C3C(CC[C@@]21C)C1(C)CCC(=O)C[C@@H]1C[C@H]3O. The van der Waals surface area contributed by atoms with Crippen molar-refractivity contribution in [2.75, 3.05) is 0 Å². The van der Waals surface area contributed by atoms with Crippen molar-refractivity contribution in [2.24, 2.45) is 52.3 Å². The number of carbonyl (C=O) groups is 1. The van der Waals surface area contributed by atoms with E-state index in [9.17, 15) is 15.0 Å². The normalized spacial score (nSPS) is 48.1. The Morgan fingerprint density at radius 1 is 1.00 bits per heavy atom. The average molecular weight is 419 g/mol. The molecule has 30 heavy (non-hydrogen) atoms. The molecular weight excluding hydrogens is 372 g/mol. The van der Waals surface area contributed by atoms with Crippen LogP contribution in [0.15, 0.2) is 0 Å². The molecule has 0 aromatic carbocycles. The van der Waals surface area contributed by atoms with Crippen molar-refractivity contribution in [3.63, 3.8) is 0 Å². The van der Waals surface area contributed by atoms with E-state index in [0.29, 0.717) is 59.0 Å². The van der Waals surface area contributed by atoms with Gasteiger partial charge in [-0.05, 0) is 104 Å². The lowest BCUT2D eigenvalue weighted by Crippen LogP contribution is -2.58. The molecule has 172 valence electrons. The molecule has 4 unspecified atom stereocenters. The third-order valence-electron chi connectivity index (χ3n) is 10.9. The summed E-state index contributed by atoms with van der Waals surface area (Å²) in [6.07, 6.45) is 10.0. The van der Waals surface area contributed by atoms with Gasteiger partial charge in [0.15, 0.2) is 0 Å². The second-order valence-electron chi connectivity index (χ2n) is 12.6. The van der Waals surface area contributed by atoms with E-state index in [4.69, 9.17) is 0 Å². The summed E-state index contributed by atoms with van der Waals surface area (Å²) in [7, 11) is 0. The predicted molar refractivity (Wildman–Crippen MR) is 121 cm³/mol. The Bertz CT molecular complexity index is 644. The first-order valence-electron chi connectivity index (χ1n) is 13.0. The molecule has 4 aliphatic carbocycles. The summed E-state index contributed by atoms with van der Waals surface area (Å²) in [5.41, 5.74) is 0.586. The van der Waals surface area contributed by atoms with Crippen LogP contribution in [0.4, 0.5) is 0 Å². The molecule has 0 aromatic heterocycles. The molecule has 0 spiro atoms. The molecule has 3 heteroatoms. The molecule has 0 bridgehead atoms. The molecule has 0 saturated heterocycles. The average Bonchev–Trinajstić information content (AvgIpc) is 3.04. The lowest BCUT2D eigenvalue weighted by molar-refractivity contribution is -0.169. The van der Waals surface area contributed by atoms with Crippen LogP contribution in [0.1, 0.15) is 98.8 Å². The van der Waals surface area contributed by atoms with Gasteiger partial charge in [-0.15, -0.1) is 0 Å². The van der Waals surface area contributed by atoms with Crippen LogP contribution in [-0.4, -0.2) is 28.2 Å². The van der Waals surface area contributed by atoms with Crippen molar-refractivity contribution in [3.05, 3.63) is 0 Å². The van der Waals surface area contributed by atoms with E-state index in [1.807, 2.05) is 0 Å². The van der Waals surface area contributed by atoms with Gasteiger partial charge in [-0.1, -0.05) is 34.6 Å². The minimum Gasteiger partial charge on any atom is -0.393 e. The number of hydrogen-bond donors (Lipinski definition) is 2. The molecule has 4 rings (SSSR count). The van der Waals surface area contributed by atoms with Crippen molar-refractivity contribution in [2.45, 2.75) is 111 Å². The molecule has 3 nitrogen and oxygen atoms in total. The Labute approximate surface area is 184 Å². The van der Waals surface area contributed by atoms with Crippen LogP contribution in [-0.2, 0) is 4.79 Å². The van der Waals surface area contributed by atoms with Gasteiger partial charge in [0, 0.05) is 12.8 Å². The first kappa shape index (κ1) is 22.8. The Hall–Kier alpha value is -0.410. The van der Waals surface area contributed by atoms with Crippen molar-refractivity contribution in [1.82, 2.24) is 0 Å². The zero-order valence-corrected chi connectivity index (χ0v) is 20.1. The van der Waals surface area contributed by atoms with Gasteiger partial charge < -0.3 is 10.2 Å². The number of aliphatic hydroxyl groups is 2. The maximum atomic E-state index is 12.1. The van der Waals surface area contributed by atoms with Crippen LogP contribution in [0.3, 0.4) is 0 Å². The smallest absolute Gasteiger partial charge is 0.133 e. The van der Waals surface area contributed by atoms with Crippen LogP contribution in [0.5, 0.6) is 0 Å². The standard InChI is InChI=1S/C27H46O3/c1-16(2)23(29)9-6-17(3)20-7-8-21-25-22(11-13-27(20,21)5)26(4)12-10-19(28)14-18(26)15-24(25)30/h16-18,20-25,29-30H,6-15H2,1-5H3/t17-,18-,20-,21?,22?,23-,24-,25?,26?,27-/m1/s1. The third-order valence-corrected chi connectivity index (χ3v) is 10.9. The first-order valence-corrected chi connectivity index (χ1v) is 13.0. The number of carbonyl (C=O) groups excluding carboxylic acids is 1. The molecular formula is C27H46O3. The molecule has 2 N–H and O–H groups in total. The van der Waals surface area contributed by atoms with E-state index >= 15 is 0 Å². The number of Topliss-reactive ketones (excluding diaryl/α,β-unsaturated/α-hetero) is 1. The highest BCUT2D eigenvalue weighted by Gasteiger charge is 2.62. The highest BCUT2D eigenvalue weighted by molar-refractivity contribution is 5.79. The first-order chi connectivity index (χ1) is 14.1. The minimum atomic E-state index is -0.222. The molecule has 0 heterocycles. The number of rotatable bonds is 5. The van der Waals surface area contributed by atoms with E-state index in [2.05, 4.69) is 34.6 Å². The molecule has 4 aliphatic rings. The molecule has 0 aromatic rings. The summed E-state index contributed by atoms with van der Waals surface area (Å²) in [4.78, 5) is 12.1. The van der Waals surface area contributed by atoms with Gasteiger partial charge in [0.25, 0.3) is 0 Å². The molecule has 10 atom stereocenters. The fourth-order valence-corrected chi connectivity index (χ4v) is 8.96.